The number of thiophene rings is 1. The Hall–Kier alpha value is -0.870. The number of likely N-dealkylation sites (N-methyl/N-ethyl adjacent to an activating group) is 1. The van der Waals surface area contributed by atoms with Crippen LogP contribution in [-0.2, 0) is 11.2 Å². The largest absolute Gasteiger partial charge is 0.347 e. The average molecular weight is 294 g/mol. The molecule has 0 aromatic carbocycles. The summed E-state index contributed by atoms with van der Waals surface area (Å²) in [6.45, 7) is 4.35. The number of fused-ring (bicyclic) bond motifs is 1. The zero-order chi connectivity index (χ0) is 14.7. The molecule has 0 saturated carbocycles. The van der Waals surface area contributed by atoms with E-state index < -0.39 is 0 Å². The molecule has 0 radical (unpaired) electrons. The van der Waals surface area contributed by atoms with Crippen LogP contribution in [0.15, 0.2) is 11.4 Å². The third-order valence-electron chi connectivity index (χ3n) is 3.90. The van der Waals surface area contributed by atoms with E-state index in [0.29, 0.717) is 12.0 Å². The first kappa shape index (κ1) is 15.5. The summed E-state index contributed by atoms with van der Waals surface area (Å²) in [7, 11) is 3.68. The molecule has 2 atom stereocenters. The van der Waals surface area contributed by atoms with Crippen LogP contribution in [0.4, 0.5) is 0 Å². The van der Waals surface area contributed by atoms with Crippen molar-refractivity contribution < 1.29 is 4.79 Å². The fourth-order valence-corrected chi connectivity index (χ4v) is 3.91. The quantitative estimate of drug-likeness (QED) is 0.904. The van der Waals surface area contributed by atoms with Gasteiger partial charge in [0.2, 0.25) is 5.91 Å². The molecule has 0 bridgehead atoms. The third-order valence-corrected chi connectivity index (χ3v) is 4.90. The lowest BCUT2D eigenvalue weighted by molar-refractivity contribution is -0.131. The molecule has 1 aliphatic carbocycles. The Bertz CT molecular complexity index is 453. The fourth-order valence-electron chi connectivity index (χ4n) is 2.93. The van der Waals surface area contributed by atoms with Crippen LogP contribution >= 0.6 is 11.3 Å². The molecule has 1 aromatic heterocycles. The summed E-state index contributed by atoms with van der Waals surface area (Å²) < 4.78 is 0. The molecule has 2 rings (SSSR count). The molecule has 1 aliphatic rings. The zero-order valence-electron chi connectivity index (χ0n) is 13.0. The summed E-state index contributed by atoms with van der Waals surface area (Å²) in [5.41, 5.74) is 1.42. The van der Waals surface area contributed by atoms with Crippen LogP contribution in [0.25, 0.3) is 0 Å². The first-order valence-corrected chi connectivity index (χ1v) is 8.40. The Morgan fingerprint density at radius 3 is 2.90 bits per heavy atom. The van der Waals surface area contributed by atoms with Gasteiger partial charge in [0, 0.05) is 25.0 Å². The predicted molar refractivity (Wildman–Crippen MR) is 85.1 cm³/mol. The minimum absolute atomic E-state index is 0.0687. The Balaban J connectivity index is 2.11. The van der Waals surface area contributed by atoms with Gasteiger partial charge in [-0.2, -0.15) is 0 Å². The molecule has 1 heterocycles. The molecule has 1 N–H and O–H groups in total. The molecule has 20 heavy (non-hydrogen) atoms. The van der Waals surface area contributed by atoms with E-state index in [1.54, 1.807) is 4.90 Å². The highest BCUT2D eigenvalue weighted by Gasteiger charge is 2.28. The zero-order valence-corrected chi connectivity index (χ0v) is 13.8. The highest BCUT2D eigenvalue weighted by molar-refractivity contribution is 7.10. The van der Waals surface area contributed by atoms with E-state index in [9.17, 15) is 4.79 Å². The van der Waals surface area contributed by atoms with Gasteiger partial charge in [-0.3, -0.25) is 10.1 Å². The van der Waals surface area contributed by atoms with Crippen molar-refractivity contribution in [2.75, 3.05) is 14.1 Å². The van der Waals surface area contributed by atoms with Crippen LogP contribution in [0.3, 0.4) is 0 Å². The lowest BCUT2D eigenvalue weighted by atomic mass is 9.92. The Labute approximate surface area is 126 Å². The van der Waals surface area contributed by atoms with Crippen LogP contribution < -0.4 is 5.32 Å². The van der Waals surface area contributed by atoms with E-state index in [4.69, 9.17) is 0 Å². The van der Waals surface area contributed by atoms with E-state index in [1.807, 2.05) is 25.4 Å². The molecule has 3 nitrogen and oxygen atoms in total. The summed E-state index contributed by atoms with van der Waals surface area (Å²) in [6, 6.07) is 2.50. The van der Waals surface area contributed by atoms with Gasteiger partial charge in [0.1, 0.15) is 0 Å². The molecule has 2 unspecified atom stereocenters. The number of carbonyl (C=O) groups is 1. The minimum atomic E-state index is -0.0687. The number of nitrogens with one attached hydrogen (secondary N) is 1. The number of nitrogens with zero attached hydrogens (tertiary/aromatic N) is 1. The summed E-state index contributed by atoms with van der Waals surface area (Å²) in [6.07, 6.45) is 4.45. The van der Waals surface area contributed by atoms with Gasteiger partial charge in [0.25, 0.3) is 0 Å². The number of rotatable bonds is 5. The van der Waals surface area contributed by atoms with Gasteiger partial charge in [-0.25, -0.2) is 0 Å². The van der Waals surface area contributed by atoms with Gasteiger partial charge in [-0.1, -0.05) is 13.8 Å². The van der Waals surface area contributed by atoms with E-state index in [-0.39, 0.29) is 11.9 Å². The van der Waals surface area contributed by atoms with Crippen LogP contribution in [0.5, 0.6) is 0 Å². The number of carbonyl (C=O) groups excluding carboxylic acids is 1. The summed E-state index contributed by atoms with van der Waals surface area (Å²) in [5, 5.41) is 5.80. The molecular weight excluding hydrogens is 268 g/mol. The van der Waals surface area contributed by atoms with Crippen molar-refractivity contribution in [3.8, 4) is 0 Å². The van der Waals surface area contributed by atoms with Crippen molar-refractivity contribution >= 4 is 17.2 Å². The molecule has 0 saturated heterocycles. The van der Waals surface area contributed by atoms with Crippen LogP contribution in [0.1, 0.15) is 49.6 Å². The normalized spacial score (nSPS) is 19.8. The maximum atomic E-state index is 12.4. The van der Waals surface area contributed by atoms with E-state index >= 15 is 0 Å². The highest BCUT2D eigenvalue weighted by atomic mass is 32.1. The van der Waals surface area contributed by atoms with Crippen LogP contribution in [0, 0.1) is 5.92 Å². The lowest BCUT2D eigenvalue weighted by Gasteiger charge is -2.30. The van der Waals surface area contributed by atoms with E-state index in [2.05, 4.69) is 30.6 Å². The molecule has 1 aromatic rings. The van der Waals surface area contributed by atoms with Gasteiger partial charge < -0.3 is 4.90 Å². The third kappa shape index (κ3) is 3.61. The maximum absolute atomic E-state index is 12.4. The second kappa shape index (κ2) is 6.72. The van der Waals surface area contributed by atoms with E-state index in [0.717, 1.165) is 12.8 Å². The second-order valence-corrected chi connectivity index (χ2v) is 7.33. The number of hydrogen-bond donors (Lipinski definition) is 1. The van der Waals surface area contributed by atoms with E-state index in [1.165, 1.54) is 23.3 Å². The highest BCUT2D eigenvalue weighted by Crippen LogP contribution is 2.33. The number of aryl methyl sites for hydroxylation is 1. The molecule has 0 spiro atoms. The first-order valence-electron chi connectivity index (χ1n) is 7.52. The fraction of sp³-hybridized carbons (Fsp3) is 0.688. The van der Waals surface area contributed by atoms with Crippen molar-refractivity contribution in [1.82, 2.24) is 10.2 Å². The number of hydrogen-bond acceptors (Lipinski definition) is 3. The Morgan fingerprint density at radius 1 is 1.50 bits per heavy atom. The van der Waals surface area contributed by atoms with Gasteiger partial charge >= 0.3 is 0 Å². The molecule has 0 fully saturated rings. The monoisotopic (exact) mass is 294 g/mol. The molecular formula is C16H26N2OS. The molecule has 112 valence electrons. The maximum Gasteiger partial charge on any atom is 0.239 e. The standard InChI is InChI=1S/C16H26N2OS/c1-11(2)10-14(16(19)18(3)4)17-13-6-5-7-15-12(13)8-9-20-15/h8-9,11,13-14,17H,5-7,10H2,1-4H3. The van der Waals surface area contributed by atoms with Crippen LogP contribution in [-0.4, -0.2) is 30.9 Å². The SMILES string of the molecule is CC(C)CC(NC1CCCc2sccc21)C(=O)N(C)C. The Kier molecular flexibility index (Phi) is 5.22. The smallest absolute Gasteiger partial charge is 0.239 e. The first-order chi connectivity index (χ1) is 9.49. The minimum Gasteiger partial charge on any atom is -0.347 e. The molecule has 0 aliphatic heterocycles. The van der Waals surface area contributed by atoms with Gasteiger partial charge in [0.15, 0.2) is 0 Å². The average Bonchev–Trinajstić information content (AvgIpc) is 2.85. The van der Waals surface area contributed by atoms with Gasteiger partial charge in [-0.15, -0.1) is 11.3 Å². The van der Waals surface area contributed by atoms with Crippen molar-refractivity contribution in [3.05, 3.63) is 21.9 Å². The summed E-state index contributed by atoms with van der Waals surface area (Å²) in [5.74, 6) is 0.711. The number of amides is 1. The lowest BCUT2D eigenvalue weighted by Crippen LogP contribution is -2.46. The second-order valence-electron chi connectivity index (χ2n) is 6.33. The van der Waals surface area contributed by atoms with Crippen LogP contribution in [0.2, 0.25) is 0 Å². The molecule has 4 heteroatoms. The van der Waals surface area contributed by atoms with Gasteiger partial charge in [0.05, 0.1) is 6.04 Å². The topological polar surface area (TPSA) is 32.3 Å². The summed E-state index contributed by atoms with van der Waals surface area (Å²) >= 11 is 1.85. The van der Waals surface area contributed by atoms with Crippen molar-refractivity contribution in [1.29, 1.82) is 0 Å². The summed E-state index contributed by atoms with van der Waals surface area (Å²) in [4.78, 5) is 15.6. The van der Waals surface area contributed by atoms with Crippen molar-refractivity contribution in [3.63, 3.8) is 0 Å². The molecule has 1 amide bonds. The van der Waals surface area contributed by atoms with Gasteiger partial charge in [-0.05, 0) is 48.6 Å². The van der Waals surface area contributed by atoms with Crippen molar-refractivity contribution in [2.45, 2.75) is 51.6 Å². The van der Waals surface area contributed by atoms with Crippen molar-refractivity contribution in [2.24, 2.45) is 5.92 Å². The predicted octanol–water partition coefficient (Wildman–Crippen LogP) is 3.22. The Morgan fingerprint density at radius 2 is 2.25 bits per heavy atom.